The molecule has 1 fully saturated rings. The van der Waals surface area contributed by atoms with Crippen LogP contribution in [-0.4, -0.2) is 74.1 Å². The van der Waals surface area contributed by atoms with Crippen molar-refractivity contribution in [3.05, 3.63) is 58.9 Å². The molecule has 0 N–H and O–H groups in total. The van der Waals surface area contributed by atoms with Crippen molar-refractivity contribution in [3.8, 4) is 11.5 Å². The number of methoxy groups -OCH3 is 2. The molecule has 0 atom stereocenters. The first kappa shape index (κ1) is 21.6. The van der Waals surface area contributed by atoms with Gasteiger partial charge in [-0.3, -0.25) is 14.6 Å². The summed E-state index contributed by atoms with van der Waals surface area (Å²) in [4.78, 5) is 19.5. The molecule has 0 aliphatic carbocycles. The van der Waals surface area contributed by atoms with Crippen LogP contribution in [0.25, 0.3) is 0 Å². The molecule has 31 heavy (non-hydrogen) atoms. The zero-order valence-corrected chi connectivity index (χ0v) is 18.3. The number of piperazine rings is 1. The van der Waals surface area contributed by atoms with Crippen LogP contribution in [0, 0.1) is 5.82 Å². The van der Waals surface area contributed by atoms with Gasteiger partial charge in [-0.15, -0.1) is 0 Å². The van der Waals surface area contributed by atoms with Gasteiger partial charge in [-0.2, -0.15) is 0 Å². The van der Waals surface area contributed by atoms with Crippen LogP contribution in [0.2, 0.25) is 0 Å². The summed E-state index contributed by atoms with van der Waals surface area (Å²) >= 11 is 0. The lowest BCUT2D eigenvalue weighted by molar-refractivity contribution is -0.133. The molecule has 6 nitrogen and oxygen atoms in total. The summed E-state index contributed by atoms with van der Waals surface area (Å²) in [5, 5.41) is 0. The quantitative estimate of drug-likeness (QED) is 0.709. The number of benzene rings is 2. The van der Waals surface area contributed by atoms with Crippen molar-refractivity contribution < 1.29 is 18.7 Å². The predicted molar refractivity (Wildman–Crippen MR) is 117 cm³/mol. The maximum absolute atomic E-state index is 13.1. The molecule has 2 aliphatic heterocycles. The summed E-state index contributed by atoms with van der Waals surface area (Å²) in [6.07, 6.45) is 0.826. The molecule has 0 unspecified atom stereocenters. The maximum Gasteiger partial charge on any atom is 0.237 e. The Hall–Kier alpha value is -2.64. The van der Waals surface area contributed by atoms with E-state index in [0.717, 1.165) is 62.6 Å². The Morgan fingerprint density at radius 3 is 2.16 bits per heavy atom. The lowest BCUT2D eigenvalue weighted by Crippen LogP contribution is -2.50. The van der Waals surface area contributed by atoms with Gasteiger partial charge in [0.05, 0.1) is 20.8 Å². The van der Waals surface area contributed by atoms with Crippen molar-refractivity contribution in [2.75, 3.05) is 53.5 Å². The topological polar surface area (TPSA) is 45.3 Å². The Kier molecular flexibility index (Phi) is 6.73. The van der Waals surface area contributed by atoms with E-state index in [2.05, 4.69) is 9.80 Å². The average Bonchev–Trinajstić information content (AvgIpc) is 2.80. The highest BCUT2D eigenvalue weighted by Crippen LogP contribution is 2.33. The smallest absolute Gasteiger partial charge is 0.237 e. The molecular weight excluding hydrogens is 397 g/mol. The van der Waals surface area contributed by atoms with Crippen molar-refractivity contribution in [2.45, 2.75) is 19.5 Å². The Morgan fingerprint density at radius 1 is 0.903 bits per heavy atom. The number of rotatable bonds is 6. The van der Waals surface area contributed by atoms with E-state index in [1.807, 2.05) is 29.2 Å². The zero-order valence-electron chi connectivity index (χ0n) is 18.3. The van der Waals surface area contributed by atoms with E-state index >= 15 is 0 Å². The summed E-state index contributed by atoms with van der Waals surface area (Å²) in [6.45, 7) is 6.15. The van der Waals surface area contributed by atoms with Crippen LogP contribution >= 0.6 is 0 Å². The second-order valence-corrected chi connectivity index (χ2v) is 8.22. The largest absolute Gasteiger partial charge is 0.493 e. The molecule has 0 bridgehead atoms. The molecule has 7 heteroatoms. The fourth-order valence-corrected chi connectivity index (χ4v) is 4.34. The highest BCUT2D eigenvalue weighted by atomic mass is 19.1. The van der Waals surface area contributed by atoms with Crippen LogP contribution in [0.4, 0.5) is 4.39 Å². The molecule has 2 aromatic carbocycles. The standard InChI is InChI=1S/C24H30FN3O3/c1-30-22-13-19-7-8-28(16-20(19)14-23(22)31-2)24(29)17-27-11-9-26(10-12-27)15-18-3-5-21(25)6-4-18/h3-6,13-14H,7-12,15-17H2,1-2H3. The second-order valence-electron chi connectivity index (χ2n) is 8.22. The van der Waals surface area contributed by atoms with Gasteiger partial charge in [0.1, 0.15) is 5.82 Å². The number of nitrogens with zero attached hydrogens (tertiary/aromatic N) is 3. The van der Waals surface area contributed by atoms with Crippen LogP contribution < -0.4 is 9.47 Å². The first-order valence-electron chi connectivity index (χ1n) is 10.8. The van der Waals surface area contributed by atoms with E-state index in [1.54, 1.807) is 14.2 Å². The van der Waals surface area contributed by atoms with Crippen LogP contribution in [0.15, 0.2) is 36.4 Å². The normalized spacial score (nSPS) is 17.3. The molecule has 0 saturated carbocycles. The van der Waals surface area contributed by atoms with Gasteiger partial charge in [0.15, 0.2) is 11.5 Å². The van der Waals surface area contributed by atoms with Gasteiger partial charge in [0, 0.05) is 45.8 Å². The molecule has 0 radical (unpaired) electrons. The SMILES string of the molecule is COc1cc2c(cc1OC)CN(C(=O)CN1CCN(Cc3ccc(F)cc3)CC1)CC2. The fraction of sp³-hybridized carbons (Fsp3) is 0.458. The van der Waals surface area contributed by atoms with E-state index in [-0.39, 0.29) is 11.7 Å². The minimum Gasteiger partial charge on any atom is -0.493 e. The van der Waals surface area contributed by atoms with E-state index < -0.39 is 0 Å². The molecule has 1 amide bonds. The molecule has 2 aliphatic rings. The second kappa shape index (κ2) is 9.66. The van der Waals surface area contributed by atoms with Crippen LogP contribution in [0.5, 0.6) is 11.5 Å². The number of amides is 1. The van der Waals surface area contributed by atoms with Crippen molar-refractivity contribution in [1.82, 2.24) is 14.7 Å². The van der Waals surface area contributed by atoms with Gasteiger partial charge in [-0.1, -0.05) is 12.1 Å². The summed E-state index contributed by atoms with van der Waals surface area (Å²) in [7, 11) is 3.27. The molecule has 2 aromatic rings. The first-order valence-corrected chi connectivity index (χ1v) is 10.8. The zero-order chi connectivity index (χ0) is 21.8. The number of fused-ring (bicyclic) bond motifs is 1. The van der Waals surface area contributed by atoms with Gasteiger partial charge in [0.25, 0.3) is 0 Å². The van der Waals surface area contributed by atoms with Gasteiger partial charge in [-0.05, 0) is 47.4 Å². The van der Waals surface area contributed by atoms with E-state index in [4.69, 9.17) is 9.47 Å². The Morgan fingerprint density at radius 2 is 1.52 bits per heavy atom. The van der Waals surface area contributed by atoms with Crippen molar-refractivity contribution in [1.29, 1.82) is 0 Å². The summed E-state index contributed by atoms with van der Waals surface area (Å²) in [5.74, 6) is 1.41. The summed E-state index contributed by atoms with van der Waals surface area (Å²) in [6, 6.07) is 10.7. The van der Waals surface area contributed by atoms with E-state index in [1.165, 1.54) is 17.7 Å². The molecule has 0 aromatic heterocycles. The average molecular weight is 428 g/mol. The molecule has 1 saturated heterocycles. The minimum absolute atomic E-state index is 0.174. The van der Waals surface area contributed by atoms with E-state index in [9.17, 15) is 9.18 Å². The van der Waals surface area contributed by atoms with E-state index in [0.29, 0.717) is 18.8 Å². The monoisotopic (exact) mass is 427 g/mol. The molecular formula is C24H30FN3O3. The molecule has 0 spiro atoms. The third-order valence-electron chi connectivity index (χ3n) is 6.21. The fourth-order valence-electron chi connectivity index (χ4n) is 4.34. The summed E-state index contributed by atoms with van der Waals surface area (Å²) in [5.41, 5.74) is 3.46. The Labute approximate surface area is 183 Å². The first-order chi connectivity index (χ1) is 15.1. The molecule has 166 valence electrons. The summed E-state index contributed by atoms with van der Waals surface area (Å²) < 4.78 is 23.9. The highest BCUT2D eigenvalue weighted by Gasteiger charge is 2.25. The maximum atomic E-state index is 13.1. The van der Waals surface area contributed by atoms with Crippen molar-refractivity contribution >= 4 is 5.91 Å². The van der Waals surface area contributed by atoms with Crippen LogP contribution in [0.3, 0.4) is 0 Å². The van der Waals surface area contributed by atoms with Gasteiger partial charge >= 0.3 is 0 Å². The molecule has 2 heterocycles. The Bertz CT molecular complexity index is 911. The third kappa shape index (κ3) is 5.17. The Balaban J connectivity index is 1.28. The van der Waals surface area contributed by atoms with Gasteiger partial charge < -0.3 is 14.4 Å². The lowest BCUT2D eigenvalue weighted by Gasteiger charge is -2.36. The van der Waals surface area contributed by atoms with Crippen LogP contribution in [-0.2, 0) is 24.3 Å². The third-order valence-corrected chi connectivity index (χ3v) is 6.21. The lowest BCUT2D eigenvalue weighted by atomic mass is 9.98. The number of hydrogen-bond acceptors (Lipinski definition) is 5. The van der Waals surface area contributed by atoms with Crippen molar-refractivity contribution in [3.63, 3.8) is 0 Å². The van der Waals surface area contributed by atoms with Crippen LogP contribution in [0.1, 0.15) is 16.7 Å². The number of halogens is 1. The molecule has 4 rings (SSSR count). The number of carbonyl (C=O) groups excluding carboxylic acids is 1. The number of carbonyl (C=O) groups is 1. The van der Waals surface area contributed by atoms with Gasteiger partial charge in [-0.25, -0.2) is 4.39 Å². The van der Waals surface area contributed by atoms with Gasteiger partial charge in [0.2, 0.25) is 5.91 Å². The highest BCUT2D eigenvalue weighted by molar-refractivity contribution is 5.78. The number of hydrogen-bond donors (Lipinski definition) is 0. The predicted octanol–water partition coefficient (Wildman–Crippen LogP) is 2.55. The number of ether oxygens (including phenoxy) is 2. The minimum atomic E-state index is -0.204. The van der Waals surface area contributed by atoms with Crippen molar-refractivity contribution in [2.24, 2.45) is 0 Å².